The van der Waals surface area contributed by atoms with Gasteiger partial charge in [-0.1, -0.05) is 11.6 Å². The van der Waals surface area contributed by atoms with Gasteiger partial charge >= 0.3 is 5.97 Å². The summed E-state index contributed by atoms with van der Waals surface area (Å²) < 4.78 is 1.71. The number of hydrogen-bond donors (Lipinski definition) is 1. The van der Waals surface area contributed by atoms with E-state index in [1.807, 2.05) is 0 Å². The minimum atomic E-state index is -1.32. The largest absolute Gasteiger partial charge is 0.476 e. The van der Waals surface area contributed by atoms with Crippen LogP contribution in [-0.4, -0.2) is 20.5 Å². The van der Waals surface area contributed by atoms with Crippen molar-refractivity contribution in [1.82, 2.24) is 9.38 Å². The number of nitrogens with zero attached hydrogens (tertiary/aromatic N) is 3. The van der Waals surface area contributed by atoms with E-state index in [4.69, 9.17) is 16.7 Å². The number of aromatic nitrogens is 2. The van der Waals surface area contributed by atoms with Gasteiger partial charge in [-0.15, -0.1) is 4.91 Å². The quantitative estimate of drug-likeness (QED) is 0.865. The standard InChI is InChI=1S/C8H3BrClN3O3/c9-4-1-3(10)2-13-6(4)11-5(8(14)15)7(13)12-16/h1-2H,(H,14,15). The van der Waals surface area contributed by atoms with Crippen molar-refractivity contribution in [2.24, 2.45) is 5.18 Å². The molecule has 0 saturated heterocycles. The lowest BCUT2D eigenvalue weighted by atomic mass is 10.4. The Balaban J connectivity index is 2.92. The van der Waals surface area contributed by atoms with E-state index in [2.05, 4.69) is 26.1 Å². The smallest absolute Gasteiger partial charge is 0.358 e. The Hall–Kier alpha value is -1.47. The number of carboxylic acid groups (broad SMARTS) is 1. The third kappa shape index (κ3) is 1.57. The molecule has 0 aliphatic heterocycles. The molecule has 2 aromatic heterocycles. The van der Waals surface area contributed by atoms with E-state index in [1.165, 1.54) is 10.6 Å². The van der Waals surface area contributed by atoms with Crippen LogP contribution in [0.15, 0.2) is 21.9 Å². The summed E-state index contributed by atoms with van der Waals surface area (Å²) in [6.07, 6.45) is 1.37. The number of aromatic carboxylic acids is 1. The van der Waals surface area contributed by atoms with E-state index in [0.29, 0.717) is 9.50 Å². The van der Waals surface area contributed by atoms with Gasteiger partial charge in [-0.05, 0) is 27.2 Å². The summed E-state index contributed by atoms with van der Waals surface area (Å²) in [7, 11) is 0. The van der Waals surface area contributed by atoms with E-state index < -0.39 is 11.7 Å². The van der Waals surface area contributed by atoms with Crippen LogP contribution in [0.25, 0.3) is 5.65 Å². The predicted octanol–water partition coefficient (Wildman–Crippen LogP) is 2.85. The molecule has 82 valence electrons. The molecule has 0 aromatic carbocycles. The van der Waals surface area contributed by atoms with Crippen molar-refractivity contribution in [2.45, 2.75) is 0 Å². The van der Waals surface area contributed by atoms with Gasteiger partial charge in [0.15, 0.2) is 11.3 Å². The van der Waals surface area contributed by atoms with Crippen LogP contribution in [-0.2, 0) is 0 Å². The summed E-state index contributed by atoms with van der Waals surface area (Å²) in [5.74, 6) is -1.60. The van der Waals surface area contributed by atoms with E-state index in [-0.39, 0.29) is 11.5 Å². The molecule has 6 nitrogen and oxygen atoms in total. The van der Waals surface area contributed by atoms with Gasteiger partial charge in [-0.2, -0.15) is 0 Å². The Morgan fingerprint density at radius 1 is 1.62 bits per heavy atom. The van der Waals surface area contributed by atoms with Crippen LogP contribution in [0.5, 0.6) is 0 Å². The monoisotopic (exact) mass is 303 g/mol. The molecule has 0 fully saturated rings. The molecule has 8 heteroatoms. The van der Waals surface area contributed by atoms with Crippen LogP contribution in [0.3, 0.4) is 0 Å². The van der Waals surface area contributed by atoms with Gasteiger partial charge in [-0.25, -0.2) is 9.78 Å². The number of fused-ring (bicyclic) bond motifs is 1. The lowest BCUT2D eigenvalue weighted by Crippen LogP contribution is -1.96. The van der Waals surface area contributed by atoms with Crippen molar-refractivity contribution < 1.29 is 9.90 Å². The van der Waals surface area contributed by atoms with Gasteiger partial charge in [0.05, 0.1) is 9.50 Å². The highest BCUT2D eigenvalue weighted by Gasteiger charge is 2.20. The average molecular weight is 304 g/mol. The Kier molecular flexibility index (Phi) is 2.64. The second kappa shape index (κ2) is 3.84. The molecule has 1 N–H and O–H groups in total. The van der Waals surface area contributed by atoms with Crippen LogP contribution >= 0.6 is 27.5 Å². The van der Waals surface area contributed by atoms with Gasteiger partial charge in [0.1, 0.15) is 0 Å². The molecule has 0 bridgehead atoms. The first-order valence-electron chi connectivity index (χ1n) is 3.98. The molecule has 0 aliphatic carbocycles. The average Bonchev–Trinajstić information content (AvgIpc) is 2.56. The molecular formula is C8H3BrClN3O3. The van der Waals surface area contributed by atoms with E-state index in [9.17, 15) is 9.70 Å². The first-order valence-corrected chi connectivity index (χ1v) is 5.15. The SMILES string of the molecule is O=Nc1c(C(=O)O)nc2c(Br)cc(Cl)cn12. The normalized spacial score (nSPS) is 10.6. The maximum absolute atomic E-state index is 10.8. The molecule has 2 rings (SSSR count). The number of carboxylic acids is 1. The van der Waals surface area contributed by atoms with Gasteiger partial charge in [-0.3, -0.25) is 4.40 Å². The summed E-state index contributed by atoms with van der Waals surface area (Å²) in [4.78, 5) is 25.2. The van der Waals surface area contributed by atoms with Gasteiger partial charge in [0, 0.05) is 6.20 Å². The summed E-state index contributed by atoms with van der Waals surface area (Å²) in [5, 5.41) is 11.8. The molecule has 0 atom stereocenters. The first kappa shape index (κ1) is 11.0. The maximum atomic E-state index is 10.8. The lowest BCUT2D eigenvalue weighted by Gasteiger charge is -1.97. The van der Waals surface area contributed by atoms with Crippen LogP contribution in [0, 0.1) is 4.91 Å². The van der Waals surface area contributed by atoms with Crippen molar-refractivity contribution in [1.29, 1.82) is 0 Å². The third-order valence-corrected chi connectivity index (χ3v) is 2.70. The molecule has 0 aliphatic rings. The van der Waals surface area contributed by atoms with E-state index >= 15 is 0 Å². The predicted molar refractivity (Wildman–Crippen MR) is 60.3 cm³/mol. The lowest BCUT2D eigenvalue weighted by molar-refractivity contribution is 0.0692. The first-order chi connectivity index (χ1) is 7.54. The van der Waals surface area contributed by atoms with Crippen LogP contribution in [0.1, 0.15) is 10.5 Å². The third-order valence-electron chi connectivity index (χ3n) is 1.91. The van der Waals surface area contributed by atoms with Gasteiger partial charge < -0.3 is 5.11 Å². The van der Waals surface area contributed by atoms with E-state index in [0.717, 1.165) is 0 Å². The van der Waals surface area contributed by atoms with Crippen LogP contribution in [0.2, 0.25) is 5.02 Å². The number of pyridine rings is 1. The van der Waals surface area contributed by atoms with Crippen molar-refractivity contribution >= 4 is 45.0 Å². The molecule has 2 heterocycles. The number of rotatable bonds is 2. The van der Waals surface area contributed by atoms with Crippen molar-refractivity contribution in [3.63, 3.8) is 0 Å². The number of nitroso groups, excluding NO2 is 1. The number of carbonyl (C=O) groups is 1. The summed E-state index contributed by atoms with van der Waals surface area (Å²) in [5.41, 5.74) is -0.130. The van der Waals surface area contributed by atoms with Crippen LogP contribution < -0.4 is 0 Å². The van der Waals surface area contributed by atoms with Crippen LogP contribution in [0.4, 0.5) is 5.82 Å². The second-order valence-electron chi connectivity index (χ2n) is 2.88. The fourth-order valence-corrected chi connectivity index (χ4v) is 2.16. The summed E-state index contributed by atoms with van der Waals surface area (Å²) >= 11 is 8.94. The highest BCUT2D eigenvalue weighted by atomic mass is 79.9. The zero-order chi connectivity index (χ0) is 11.9. The molecule has 0 radical (unpaired) electrons. The molecule has 0 saturated carbocycles. The highest BCUT2D eigenvalue weighted by molar-refractivity contribution is 9.10. The maximum Gasteiger partial charge on any atom is 0.358 e. The second-order valence-corrected chi connectivity index (χ2v) is 4.17. The zero-order valence-corrected chi connectivity index (χ0v) is 9.86. The molecule has 0 spiro atoms. The summed E-state index contributed by atoms with van der Waals surface area (Å²) in [6.45, 7) is 0. The molecule has 0 amide bonds. The molecule has 2 aromatic rings. The molecule has 0 unspecified atom stereocenters. The van der Waals surface area contributed by atoms with Gasteiger partial charge in [0.25, 0.3) is 0 Å². The zero-order valence-electron chi connectivity index (χ0n) is 7.52. The minimum absolute atomic E-state index is 0.274. The fourth-order valence-electron chi connectivity index (χ4n) is 1.29. The molecular weight excluding hydrogens is 301 g/mol. The summed E-state index contributed by atoms with van der Waals surface area (Å²) in [6, 6.07) is 1.55. The molecule has 16 heavy (non-hydrogen) atoms. The topological polar surface area (TPSA) is 84.0 Å². The Morgan fingerprint density at radius 2 is 2.31 bits per heavy atom. The Morgan fingerprint density at radius 3 is 2.88 bits per heavy atom. The number of imidazole rings is 1. The highest BCUT2D eigenvalue weighted by Crippen LogP contribution is 2.28. The van der Waals surface area contributed by atoms with E-state index in [1.54, 1.807) is 6.07 Å². The Bertz CT molecular complexity index is 610. The number of hydrogen-bond acceptors (Lipinski definition) is 4. The van der Waals surface area contributed by atoms with Crippen molar-refractivity contribution in [2.75, 3.05) is 0 Å². The fraction of sp³-hybridized carbons (Fsp3) is 0. The van der Waals surface area contributed by atoms with Gasteiger partial charge in [0.2, 0.25) is 5.82 Å². The Labute approximate surface area is 102 Å². The van der Waals surface area contributed by atoms with Crippen molar-refractivity contribution in [3.05, 3.63) is 32.4 Å². The van der Waals surface area contributed by atoms with Crippen molar-refractivity contribution in [3.8, 4) is 0 Å². The number of halogens is 2. The minimum Gasteiger partial charge on any atom is -0.476 e.